The van der Waals surface area contributed by atoms with Gasteiger partial charge in [0.25, 0.3) is 0 Å². The molecule has 0 aromatic carbocycles. The van der Waals surface area contributed by atoms with Gasteiger partial charge in [-0.15, -0.1) is 0 Å². The Morgan fingerprint density at radius 2 is 2.29 bits per heavy atom. The number of hydrogen-bond acceptors (Lipinski definition) is 6. The number of nitrogens with zero attached hydrogens (tertiary/aromatic N) is 3. The number of nitrogens with two attached hydrogens (primary N) is 1. The summed E-state index contributed by atoms with van der Waals surface area (Å²) in [6.45, 7) is 5.82. The molecule has 5 N–H and O–H groups in total. The first-order valence-electron chi connectivity index (χ1n) is 7.25. The van der Waals surface area contributed by atoms with Crippen LogP contribution in [0.1, 0.15) is 29.6 Å². The molecular formula is C14H21N7. The van der Waals surface area contributed by atoms with E-state index in [1.54, 1.807) is 0 Å². The molecule has 0 aliphatic carbocycles. The van der Waals surface area contributed by atoms with Crippen LogP contribution in [0.5, 0.6) is 0 Å². The predicted molar refractivity (Wildman–Crippen MR) is 82.0 cm³/mol. The second-order valence-corrected chi connectivity index (χ2v) is 5.57. The first-order chi connectivity index (χ1) is 10.1. The number of anilines is 2. The third kappa shape index (κ3) is 3.13. The van der Waals surface area contributed by atoms with E-state index in [4.69, 9.17) is 5.73 Å². The van der Waals surface area contributed by atoms with E-state index in [9.17, 15) is 0 Å². The molecular weight excluding hydrogens is 266 g/mol. The summed E-state index contributed by atoms with van der Waals surface area (Å²) < 4.78 is 0. The number of aryl methyl sites for hydroxylation is 1. The largest absolute Gasteiger partial charge is 0.368 e. The van der Waals surface area contributed by atoms with Crippen molar-refractivity contribution in [3.63, 3.8) is 0 Å². The lowest BCUT2D eigenvalue weighted by Crippen LogP contribution is -2.28. The average molecular weight is 287 g/mol. The van der Waals surface area contributed by atoms with Crippen LogP contribution in [0, 0.1) is 6.92 Å². The van der Waals surface area contributed by atoms with Crippen LogP contribution in [0.2, 0.25) is 0 Å². The first-order valence-corrected chi connectivity index (χ1v) is 7.25. The summed E-state index contributed by atoms with van der Waals surface area (Å²) in [4.78, 5) is 8.69. The molecule has 0 spiro atoms. The molecule has 3 heterocycles. The SMILES string of the molecule is Cc1cc(C[C@@H](C)Nc2nc(N)nc3c2CCNC3)n[nH]1. The van der Waals surface area contributed by atoms with Gasteiger partial charge in [0.05, 0.1) is 11.4 Å². The maximum atomic E-state index is 5.81. The van der Waals surface area contributed by atoms with Crippen LogP contribution in [0.4, 0.5) is 11.8 Å². The molecule has 2 aromatic rings. The third-order valence-electron chi connectivity index (χ3n) is 3.61. The van der Waals surface area contributed by atoms with Crippen molar-refractivity contribution >= 4 is 11.8 Å². The van der Waals surface area contributed by atoms with Gasteiger partial charge in [-0.1, -0.05) is 0 Å². The Kier molecular flexibility index (Phi) is 3.74. The average Bonchev–Trinajstić information content (AvgIpc) is 2.83. The van der Waals surface area contributed by atoms with Crippen molar-refractivity contribution in [1.29, 1.82) is 0 Å². The van der Waals surface area contributed by atoms with Crippen LogP contribution < -0.4 is 16.4 Å². The van der Waals surface area contributed by atoms with Gasteiger partial charge in [0.2, 0.25) is 5.95 Å². The number of nitrogens with one attached hydrogen (secondary N) is 3. The molecule has 112 valence electrons. The highest BCUT2D eigenvalue weighted by molar-refractivity contribution is 5.51. The van der Waals surface area contributed by atoms with Crippen molar-refractivity contribution in [2.24, 2.45) is 0 Å². The van der Waals surface area contributed by atoms with Gasteiger partial charge in [-0.25, -0.2) is 4.98 Å². The molecule has 0 saturated heterocycles. The standard InChI is InChI=1S/C14H21N7/c1-8(5-10-6-9(2)20-21-10)17-13-11-3-4-16-7-12(11)18-14(15)19-13/h6,8,16H,3-5,7H2,1-2H3,(H,20,21)(H3,15,17,18,19)/t8-/m1/s1. The van der Waals surface area contributed by atoms with Crippen molar-refractivity contribution in [3.8, 4) is 0 Å². The number of nitrogen functional groups attached to an aromatic ring is 1. The van der Waals surface area contributed by atoms with E-state index >= 15 is 0 Å². The van der Waals surface area contributed by atoms with Crippen LogP contribution in [0.25, 0.3) is 0 Å². The zero-order valence-corrected chi connectivity index (χ0v) is 12.4. The minimum absolute atomic E-state index is 0.223. The molecule has 7 nitrogen and oxygen atoms in total. The highest BCUT2D eigenvalue weighted by Gasteiger charge is 2.18. The molecule has 21 heavy (non-hydrogen) atoms. The van der Waals surface area contributed by atoms with Gasteiger partial charge >= 0.3 is 0 Å². The highest BCUT2D eigenvalue weighted by Crippen LogP contribution is 2.22. The van der Waals surface area contributed by atoms with Crippen LogP contribution in [0.15, 0.2) is 6.07 Å². The van der Waals surface area contributed by atoms with Gasteiger partial charge in [-0.2, -0.15) is 10.1 Å². The summed E-state index contributed by atoms with van der Waals surface area (Å²) in [5.41, 5.74) is 10.1. The minimum atomic E-state index is 0.223. The Labute approximate surface area is 123 Å². The van der Waals surface area contributed by atoms with Crippen molar-refractivity contribution < 1.29 is 0 Å². The molecule has 0 amide bonds. The summed E-state index contributed by atoms with van der Waals surface area (Å²) in [6.07, 6.45) is 1.76. The molecule has 0 unspecified atom stereocenters. The van der Waals surface area contributed by atoms with Crippen molar-refractivity contribution in [2.45, 2.75) is 39.3 Å². The van der Waals surface area contributed by atoms with Crippen LogP contribution in [-0.2, 0) is 19.4 Å². The second-order valence-electron chi connectivity index (χ2n) is 5.57. The van der Waals surface area contributed by atoms with Gasteiger partial charge in [0.15, 0.2) is 0 Å². The number of hydrogen-bond donors (Lipinski definition) is 4. The minimum Gasteiger partial charge on any atom is -0.368 e. The number of aromatic nitrogens is 4. The lowest BCUT2D eigenvalue weighted by atomic mass is 10.1. The van der Waals surface area contributed by atoms with Crippen molar-refractivity contribution in [1.82, 2.24) is 25.5 Å². The molecule has 3 rings (SSSR count). The number of fused-ring (bicyclic) bond motifs is 1. The van der Waals surface area contributed by atoms with Crippen molar-refractivity contribution in [2.75, 3.05) is 17.6 Å². The topological polar surface area (TPSA) is 105 Å². The van der Waals surface area contributed by atoms with Gasteiger partial charge in [0.1, 0.15) is 5.82 Å². The predicted octanol–water partition coefficient (Wildman–Crippen LogP) is 0.779. The molecule has 0 radical (unpaired) electrons. The van der Waals surface area contributed by atoms with Crippen LogP contribution in [0.3, 0.4) is 0 Å². The summed E-state index contributed by atoms with van der Waals surface area (Å²) in [7, 11) is 0. The summed E-state index contributed by atoms with van der Waals surface area (Å²) in [5.74, 6) is 1.18. The van der Waals surface area contributed by atoms with Gasteiger partial charge in [0, 0.05) is 30.3 Å². The van der Waals surface area contributed by atoms with E-state index in [1.165, 1.54) is 5.56 Å². The van der Waals surface area contributed by atoms with Gasteiger partial charge in [-0.3, -0.25) is 5.10 Å². The molecule has 2 aromatic heterocycles. The maximum Gasteiger partial charge on any atom is 0.222 e. The highest BCUT2D eigenvalue weighted by atomic mass is 15.1. The Morgan fingerprint density at radius 1 is 1.43 bits per heavy atom. The monoisotopic (exact) mass is 287 g/mol. The molecule has 0 saturated carbocycles. The first kappa shape index (κ1) is 13.8. The fourth-order valence-corrected chi connectivity index (χ4v) is 2.68. The Morgan fingerprint density at radius 3 is 3.05 bits per heavy atom. The number of H-pyrrole nitrogens is 1. The van der Waals surface area contributed by atoms with E-state index in [-0.39, 0.29) is 6.04 Å². The molecule has 1 aliphatic rings. The Bertz CT molecular complexity index is 634. The number of aromatic amines is 1. The van der Waals surface area contributed by atoms with E-state index in [2.05, 4.69) is 43.8 Å². The zero-order valence-electron chi connectivity index (χ0n) is 12.4. The quantitative estimate of drug-likeness (QED) is 0.662. The van der Waals surface area contributed by atoms with E-state index in [1.807, 2.05) is 6.92 Å². The summed E-state index contributed by atoms with van der Waals surface area (Å²) in [6, 6.07) is 2.28. The van der Waals surface area contributed by atoms with E-state index < -0.39 is 0 Å². The van der Waals surface area contributed by atoms with Gasteiger partial charge in [-0.05, 0) is 32.9 Å². The maximum absolute atomic E-state index is 5.81. The van der Waals surface area contributed by atoms with Crippen LogP contribution >= 0.6 is 0 Å². The number of rotatable bonds is 4. The lowest BCUT2D eigenvalue weighted by Gasteiger charge is -2.22. The normalized spacial score (nSPS) is 15.5. The third-order valence-corrected chi connectivity index (χ3v) is 3.61. The molecule has 7 heteroatoms. The van der Waals surface area contributed by atoms with Gasteiger partial charge < -0.3 is 16.4 Å². The second kappa shape index (κ2) is 5.69. The molecule has 0 fully saturated rings. The Hall–Kier alpha value is -2.15. The lowest BCUT2D eigenvalue weighted by molar-refractivity contribution is 0.623. The molecule has 1 atom stereocenters. The van der Waals surface area contributed by atoms with Crippen LogP contribution in [-0.4, -0.2) is 32.8 Å². The van der Waals surface area contributed by atoms with Crippen molar-refractivity contribution in [3.05, 3.63) is 28.7 Å². The Balaban J connectivity index is 1.76. The fourth-order valence-electron chi connectivity index (χ4n) is 2.68. The molecule has 0 bridgehead atoms. The summed E-state index contributed by atoms with van der Waals surface area (Å²) >= 11 is 0. The van der Waals surface area contributed by atoms with E-state index in [0.29, 0.717) is 5.95 Å². The molecule has 1 aliphatic heterocycles. The smallest absolute Gasteiger partial charge is 0.222 e. The zero-order chi connectivity index (χ0) is 14.8. The fraction of sp³-hybridized carbons (Fsp3) is 0.500. The van der Waals surface area contributed by atoms with E-state index in [0.717, 1.165) is 48.8 Å². The summed E-state index contributed by atoms with van der Waals surface area (Å²) in [5, 5.41) is 14.0.